The number of nitrogens with zero attached hydrogens (tertiary/aromatic N) is 2. The molecular weight excluding hydrogens is 388 g/mol. The largest absolute Gasteiger partial charge is 0.493 e. The van der Waals surface area contributed by atoms with E-state index < -0.39 is 5.91 Å². The van der Waals surface area contributed by atoms with Crippen molar-refractivity contribution in [2.24, 2.45) is 4.99 Å². The summed E-state index contributed by atoms with van der Waals surface area (Å²) >= 11 is 7.50. The van der Waals surface area contributed by atoms with E-state index in [1.54, 1.807) is 25.3 Å². The first-order valence-corrected chi connectivity index (χ1v) is 9.36. The summed E-state index contributed by atoms with van der Waals surface area (Å²) < 4.78 is 18.7. The van der Waals surface area contributed by atoms with Crippen LogP contribution in [0.4, 0.5) is 0 Å². The van der Waals surface area contributed by atoms with Gasteiger partial charge in [-0.1, -0.05) is 29.0 Å². The maximum absolute atomic E-state index is 12.9. The van der Waals surface area contributed by atoms with Crippen molar-refractivity contribution in [3.8, 4) is 11.5 Å². The lowest BCUT2D eigenvalue weighted by Gasteiger charge is -2.10. The Morgan fingerprint density at radius 1 is 1.19 bits per heavy atom. The molecule has 0 N–H and O–H groups in total. The van der Waals surface area contributed by atoms with Gasteiger partial charge in [0.1, 0.15) is 0 Å². The zero-order valence-electron chi connectivity index (χ0n) is 15.2. The Morgan fingerprint density at radius 2 is 2.00 bits per heavy atom. The monoisotopic (exact) mass is 406 g/mol. The van der Waals surface area contributed by atoms with Gasteiger partial charge in [0.15, 0.2) is 16.3 Å². The van der Waals surface area contributed by atoms with E-state index in [1.807, 2.05) is 22.8 Å². The minimum Gasteiger partial charge on any atom is -0.493 e. The number of thiazole rings is 1. The maximum Gasteiger partial charge on any atom is 0.283 e. The minimum absolute atomic E-state index is 0.339. The molecule has 0 aliphatic rings. The Bertz CT molecular complexity index is 1040. The molecule has 0 aliphatic heterocycles. The number of hydrogen-bond acceptors (Lipinski definition) is 5. The number of ether oxygens (including phenoxy) is 3. The number of benzene rings is 2. The van der Waals surface area contributed by atoms with Crippen molar-refractivity contribution in [1.29, 1.82) is 0 Å². The average molecular weight is 407 g/mol. The van der Waals surface area contributed by atoms with E-state index in [2.05, 4.69) is 4.99 Å². The number of carbonyl (C=O) groups excluding carboxylic acids is 1. The first-order valence-electron chi connectivity index (χ1n) is 8.17. The molecule has 3 rings (SSSR count). The van der Waals surface area contributed by atoms with Crippen LogP contribution in [0.25, 0.3) is 10.2 Å². The average Bonchev–Trinajstić information content (AvgIpc) is 3.01. The Labute approximate surface area is 165 Å². The van der Waals surface area contributed by atoms with Crippen LogP contribution < -0.4 is 14.3 Å². The van der Waals surface area contributed by atoms with E-state index >= 15 is 0 Å². The van der Waals surface area contributed by atoms with E-state index in [0.717, 1.165) is 10.2 Å². The topological polar surface area (TPSA) is 62.1 Å². The fourth-order valence-electron chi connectivity index (χ4n) is 2.73. The van der Waals surface area contributed by atoms with Gasteiger partial charge in [0.05, 0.1) is 36.6 Å². The summed E-state index contributed by atoms with van der Waals surface area (Å²) in [5, 5.41) is 0.634. The molecule has 0 saturated carbocycles. The highest BCUT2D eigenvalue weighted by molar-refractivity contribution is 7.16. The van der Waals surface area contributed by atoms with E-state index in [4.69, 9.17) is 25.8 Å². The van der Waals surface area contributed by atoms with Crippen LogP contribution in [0.5, 0.6) is 11.5 Å². The van der Waals surface area contributed by atoms with Crippen molar-refractivity contribution in [3.05, 3.63) is 51.8 Å². The second-order valence-corrected chi connectivity index (χ2v) is 7.04. The Balaban J connectivity index is 2.14. The van der Waals surface area contributed by atoms with Gasteiger partial charge in [0.25, 0.3) is 5.91 Å². The third kappa shape index (κ3) is 4.00. The van der Waals surface area contributed by atoms with Crippen LogP contribution in [0.2, 0.25) is 5.02 Å². The lowest BCUT2D eigenvalue weighted by Crippen LogP contribution is -2.19. The maximum atomic E-state index is 12.9. The van der Waals surface area contributed by atoms with Gasteiger partial charge in [-0.25, -0.2) is 0 Å². The number of methoxy groups -OCH3 is 3. The highest BCUT2D eigenvalue weighted by Crippen LogP contribution is 2.31. The zero-order valence-corrected chi connectivity index (χ0v) is 16.8. The Morgan fingerprint density at radius 3 is 2.70 bits per heavy atom. The Kier molecular flexibility index (Phi) is 6.15. The van der Waals surface area contributed by atoms with E-state index in [9.17, 15) is 4.79 Å². The number of amides is 1. The van der Waals surface area contributed by atoms with Crippen LogP contribution in [0.15, 0.2) is 41.4 Å². The van der Waals surface area contributed by atoms with Gasteiger partial charge in [-0.2, -0.15) is 4.99 Å². The Hall–Kier alpha value is -2.35. The van der Waals surface area contributed by atoms with E-state index in [1.165, 1.54) is 25.6 Å². The van der Waals surface area contributed by atoms with E-state index in [0.29, 0.717) is 40.0 Å². The normalized spacial score (nSPS) is 11.8. The first kappa shape index (κ1) is 19.4. The quantitative estimate of drug-likeness (QED) is 0.625. The second kappa shape index (κ2) is 8.56. The van der Waals surface area contributed by atoms with Crippen molar-refractivity contribution in [2.75, 3.05) is 27.9 Å². The van der Waals surface area contributed by atoms with Gasteiger partial charge in [-0.15, -0.1) is 0 Å². The summed E-state index contributed by atoms with van der Waals surface area (Å²) in [5.41, 5.74) is 1.29. The van der Waals surface area contributed by atoms with Gasteiger partial charge in [-0.05, 0) is 30.3 Å². The predicted molar refractivity (Wildman–Crippen MR) is 106 cm³/mol. The number of para-hydroxylation sites is 1. The molecule has 0 unspecified atom stereocenters. The number of carbonyl (C=O) groups is 1. The molecule has 0 saturated heterocycles. The molecule has 2 aromatic carbocycles. The summed E-state index contributed by atoms with van der Waals surface area (Å²) in [6.07, 6.45) is 0. The van der Waals surface area contributed by atoms with Gasteiger partial charge in [-0.3, -0.25) is 4.79 Å². The molecule has 27 heavy (non-hydrogen) atoms. The molecule has 0 atom stereocenters. The number of rotatable bonds is 6. The summed E-state index contributed by atoms with van der Waals surface area (Å²) in [5.74, 6) is 0.435. The highest BCUT2D eigenvalue weighted by atomic mass is 35.5. The molecule has 0 spiro atoms. The minimum atomic E-state index is -0.408. The molecule has 1 aromatic heterocycles. The molecule has 0 fully saturated rings. The van der Waals surface area contributed by atoms with Gasteiger partial charge in [0, 0.05) is 18.7 Å². The number of halogens is 1. The predicted octanol–water partition coefficient (Wildman–Crippen LogP) is 3.76. The SMILES string of the molecule is COCCn1c(=NC(=O)c2cccc(OC)c2OC)sc2cc(Cl)ccc21. The fraction of sp³-hybridized carbons (Fsp3) is 0.263. The summed E-state index contributed by atoms with van der Waals surface area (Å²) in [6, 6.07) is 10.7. The number of fused-ring (bicyclic) bond motifs is 1. The molecule has 0 radical (unpaired) electrons. The van der Waals surface area contributed by atoms with Gasteiger partial charge < -0.3 is 18.8 Å². The van der Waals surface area contributed by atoms with Crippen LogP contribution in [0.3, 0.4) is 0 Å². The van der Waals surface area contributed by atoms with Crippen molar-refractivity contribution >= 4 is 39.1 Å². The molecule has 3 aromatic rings. The van der Waals surface area contributed by atoms with Crippen LogP contribution >= 0.6 is 22.9 Å². The molecule has 8 heteroatoms. The van der Waals surface area contributed by atoms with Crippen molar-refractivity contribution in [1.82, 2.24) is 4.57 Å². The molecule has 1 amide bonds. The molecule has 142 valence electrons. The number of hydrogen-bond donors (Lipinski definition) is 0. The third-order valence-electron chi connectivity index (χ3n) is 3.99. The lowest BCUT2D eigenvalue weighted by molar-refractivity contribution is 0.0993. The standard InChI is InChI=1S/C19H19ClN2O4S/c1-24-10-9-22-14-8-7-12(20)11-16(14)27-19(22)21-18(23)13-5-4-6-15(25-2)17(13)26-3/h4-8,11H,9-10H2,1-3H3. The van der Waals surface area contributed by atoms with Crippen LogP contribution in [0.1, 0.15) is 10.4 Å². The smallest absolute Gasteiger partial charge is 0.283 e. The third-order valence-corrected chi connectivity index (χ3v) is 5.27. The second-order valence-electron chi connectivity index (χ2n) is 5.60. The van der Waals surface area contributed by atoms with Crippen LogP contribution in [0, 0.1) is 0 Å². The van der Waals surface area contributed by atoms with Gasteiger partial charge >= 0.3 is 0 Å². The summed E-state index contributed by atoms with van der Waals surface area (Å²) in [4.78, 5) is 17.8. The molecule has 0 bridgehead atoms. The van der Waals surface area contributed by atoms with Crippen molar-refractivity contribution in [3.63, 3.8) is 0 Å². The van der Waals surface area contributed by atoms with E-state index in [-0.39, 0.29) is 0 Å². The van der Waals surface area contributed by atoms with Crippen LogP contribution in [-0.2, 0) is 11.3 Å². The van der Waals surface area contributed by atoms with Crippen molar-refractivity contribution in [2.45, 2.75) is 6.54 Å². The first-order chi connectivity index (χ1) is 13.1. The zero-order chi connectivity index (χ0) is 19.4. The number of aromatic nitrogens is 1. The van der Waals surface area contributed by atoms with Crippen molar-refractivity contribution < 1.29 is 19.0 Å². The summed E-state index contributed by atoms with van der Waals surface area (Å²) in [6.45, 7) is 1.07. The fourth-order valence-corrected chi connectivity index (χ4v) is 4.06. The summed E-state index contributed by atoms with van der Waals surface area (Å²) in [7, 11) is 4.65. The van der Waals surface area contributed by atoms with Gasteiger partial charge in [0.2, 0.25) is 0 Å². The molecule has 1 heterocycles. The molecule has 6 nitrogen and oxygen atoms in total. The van der Waals surface area contributed by atoms with Crippen LogP contribution in [-0.4, -0.2) is 38.4 Å². The lowest BCUT2D eigenvalue weighted by atomic mass is 10.2. The molecule has 0 aliphatic carbocycles. The molecular formula is C19H19ClN2O4S. The highest BCUT2D eigenvalue weighted by Gasteiger charge is 2.17.